The predicted octanol–water partition coefficient (Wildman–Crippen LogP) is 12.7. The van der Waals surface area contributed by atoms with Gasteiger partial charge >= 0.3 is 0 Å². The van der Waals surface area contributed by atoms with E-state index in [-0.39, 0.29) is 0 Å². The van der Waals surface area contributed by atoms with Crippen molar-refractivity contribution in [1.29, 1.82) is 0 Å². The Balaban J connectivity index is 1.21. The van der Waals surface area contributed by atoms with E-state index in [1.807, 2.05) is 0 Å². The number of rotatable bonds is 6. The van der Waals surface area contributed by atoms with Gasteiger partial charge < -0.3 is 9.47 Å². The van der Waals surface area contributed by atoms with E-state index in [2.05, 4.69) is 204 Å². The van der Waals surface area contributed by atoms with Crippen LogP contribution in [-0.2, 0) is 0 Å². The molecular formula is C46H32N2. The van der Waals surface area contributed by atoms with E-state index in [1.54, 1.807) is 0 Å². The molecule has 226 valence electrons. The maximum absolute atomic E-state index is 2.42. The summed E-state index contributed by atoms with van der Waals surface area (Å²) < 4.78 is 2.42. The van der Waals surface area contributed by atoms with E-state index in [0.29, 0.717) is 0 Å². The van der Waals surface area contributed by atoms with Crippen LogP contribution in [0, 0.1) is 0 Å². The van der Waals surface area contributed by atoms with Crippen molar-refractivity contribution in [2.75, 3.05) is 4.90 Å². The Morgan fingerprint density at radius 3 is 1.58 bits per heavy atom. The van der Waals surface area contributed by atoms with Crippen LogP contribution in [0.2, 0.25) is 0 Å². The first kappa shape index (κ1) is 27.9. The monoisotopic (exact) mass is 612 g/mol. The molecule has 0 fully saturated rings. The number of nitrogens with zero attached hydrogens (tertiary/aromatic N) is 2. The minimum atomic E-state index is 1.10. The van der Waals surface area contributed by atoms with Crippen LogP contribution < -0.4 is 4.90 Å². The molecule has 0 aliphatic rings. The summed E-state index contributed by atoms with van der Waals surface area (Å²) in [6, 6.07) is 69.9. The molecule has 0 saturated heterocycles. The van der Waals surface area contributed by atoms with Gasteiger partial charge in [0.25, 0.3) is 0 Å². The normalized spacial score (nSPS) is 11.3. The first-order valence-corrected chi connectivity index (χ1v) is 16.4. The van der Waals surface area contributed by atoms with Crippen LogP contribution in [0.25, 0.3) is 60.5 Å². The van der Waals surface area contributed by atoms with Crippen molar-refractivity contribution in [1.82, 2.24) is 4.57 Å². The first-order chi connectivity index (χ1) is 23.8. The average molecular weight is 613 g/mol. The van der Waals surface area contributed by atoms with Gasteiger partial charge in [-0.25, -0.2) is 0 Å². The Morgan fingerprint density at radius 2 is 0.875 bits per heavy atom. The van der Waals surface area contributed by atoms with E-state index in [0.717, 1.165) is 22.7 Å². The molecule has 0 unspecified atom stereocenters. The number of fused-ring (bicyclic) bond motifs is 4. The van der Waals surface area contributed by atoms with Crippen molar-refractivity contribution in [2.24, 2.45) is 0 Å². The van der Waals surface area contributed by atoms with Crippen molar-refractivity contribution in [3.8, 4) is 27.9 Å². The molecule has 0 N–H and O–H groups in total. The highest BCUT2D eigenvalue weighted by molar-refractivity contribution is 6.09. The smallest absolute Gasteiger partial charge is 0.0542 e. The second-order valence-corrected chi connectivity index (χ2v) is 12.2. The molecule has 1 aromatic heterocycles. The van der Waals surface area contributed by atoms with Crippen LogP contribution in [0.5, 0.6) is 0 Å². The van der Waals surface area contributed by atoms with E-state index < -0.39 is 0 Å². The van der Waals surface area contributed by atoms with Gasteiger partial charge in [0, 0.05) is 33.4 Å². The Bertz CT molecular complexity index is 2490. The zero-order chi connectivity index (χ0) is 31.9. The quantitative estimate of drug-likeness (QED) is 0.181. The first-order valence-electron chi connectivity index (χ1n) is 16.4. The molecule has 0 aliphatic heterocycles. The summed E-state index contributed by atoms with van der Waals surface area (Å²) in [7, 11) is 0. The summed E-state index contributed by atoms with van der Waals surface area (Å²) >= 11 is 0. The van der Waals surface area contributed by atoms with Gasteiger partial charge in [0.05, 0.1) is 16.7 Å². The van der Waals surface area contributed by atoms with Crippen LogP contribution in [0.1, 0.15) is 0 Å². The lowest BCUT2D eigenvalue weighted by molar-refractivity contribution is 1.17. The molecule has 0 saturated carbocycles. The molecule has 9 aromatic rings. The Morgan fingerprint density at radius 1 is 0.333 bits per heavy atom. The third kappa shape index (κ3) is 4.83. The van der Waals surface area contributed by atoms with Crippen molar-refractivity contribution in [3.05, 3.63) is 194 Å². The van der Waals surface area contributed by atoms with Gasteiger partial charge in [-0.15, -0.1) is 0 Å². The van der Waals surface area contributed by atoms with Crippen LogP contribution in [0.3, 0.4) is 0 Å². The average Bonchev–Trinajstić information content (AvgIpc) is 3.50. The third-order valence-corrected chi connectivity index (χ3v) is 9.37. The van der Waals surface area contributed by atoms with E-state index >= 15 is 0 Å². The van der Waals surface area contributed by atoms with Gasteiger partial charge in [-0.3, -0.25) is 0 Å². The zero-order valence-electron chi connectivity index (χ0n) is 26.4. The summed E-state index contributed by atoms with van der Waals surface area (Å²) in [5.41, 5.74) is 11.6. The molecule has 1 heterocycles. The van der Waals surface area contributed by atoms with Crippen molar-refractivity contribution in [3.63, 3.8) is 0 Å². The molecule has 0 aliphatic carbocycles. The van der Waals surface area contributed by atoms with Crippen LogP contribution in [0.4, 0.5) is 17.1 Å². The number of anilines is 3. The highest BCUT2D eigenvalue weighted by Crippen LogP contribution is 2.41. The molecule has 0 amide bonds. The fourth-order valence-corrected chi connectivity index (χ4v) is 7.09. The van der Waals surface area contributed by atoms with E-state index in [1.165, 1.54) is 54.8 Å². The standard InChI is InChI=1S/C46H32N2/c1-3-14-35(15-4-1)43-32-40(29-30-46(43)48-44-21-11-9-19-41(44)42-20-10-12-22-45(42)48)47(38-17-5-2-6-18-38)39-27-25-34(26-28-39)37-24-23-33-13-7-8-16-36(33)31-37/h1-32H. The summed E-state index contributed by atoms with van der Waals surface area (Å²) in [6.45, 7) is 0. The predicted molar refractivity (Wildman–Crippen MR) is 204 cm³/mol. The third-order valence-electron chi connectivity index (χ3n) is 9.37. The summed E-state index contributed by atoms with van der Waals surface area (Å²) in [5.74, 6) is 0. The lowest BCUT2D eigenvalue weighted by Crippen LogP contribution is -2.10. The second kappa shape index (κ2) is 11.8. The Hall–Kier alpha value is -6.38. The number of hydrogen-bond donors (Lipinski definition) is 0. The van der Waals surface area contributed by atoms with E-state index in [4.69, 9.17) is 0 Å². The van der Waals surface area contributed by atoms with Gasteiger partial charge in [-0.05, 0) is 88.1 Å². The van der Waals surface area contributed by atoms with Gasteiger partial charge in [0.15, 0.2) is 0 Å². The topological polar surface area (TPSA) is 8.17 Å². The van der Waals surface area contributed by atoms with Crippen LogP contribution in [-0.4, -0.2) is 4.57 Å². The van der Waals surface area contributed by atoms with Crippen molar-refractivity contribution in [2.45, 2.75) is 0 Å². The van der Waals surface area contributed by atoms with Crippen LogP contribution in [0.15, 0.2) is 194 Å². The number of benzene rings is 8. The molecule has 0 atom stereocenters. The lowest BCUT2D eigenvalue weighted by atomic mass is 10.00. The van der Waals surface area contributed by atoms with Crippen molar-refractivity contribution < 1.29 is 0 Å². The molecule has 2 nitrogen and oxygen atoms in total. The maximum Gasteiger partial charge on any atom is 0.0542 e. The summed E-state index contributed by atoms with van der Waals surface area (Å²) in [4.78, 5) is 2.35. The summed E-state index contributed by atoms with van der Waals surface area (Å²) in [6.07, 6.45) is 0. The van der Waals surface area contributed by atoms with Crippen molar-refractivity contribution >= 4 is 49.6 Å². The minimum absolute atomic E-state index is 1.10. The molecular weight excluding hydrogens is 581 g/mol. The fraction of sp³-hybridized carbons (Fsp3) is 0. The molecule has 48 heavy (non-hydrogen) atoms. The second-order valence-electron chi connectivity index (χ2n) is 12.2. The highest BCUT2D eigenvalue weighted by atomic mass is 15.1. The Kier molecular flexibility index (Phi) is 6.84. The molecule has 9 rings (SSSR count). The fourth-order valence-electron chi connectivity index (χ4n) is 7.09. The Labute approximate surface area is 280 Å². The van der Waals surface area contributed by atoms with Gasteiger partial charge in [0.1, 0.15) is 0 Å². The number of para-hydroxylation sites is 3. The highest BCUT2D eigenvalue weighted by Gasteiger charge is 2.19. The number of hydrogen-bond acceptors (Lipinski definition) is 1. The van der Waals surface area contributed by atoms with Gasteiger partial charge in [-0.2, -0.15) is 0 Å². The maximum atomic E-state index is 2.42. The molecule has 0 bridgehead atoms. The molecule has 8 aromatic carbocycles. The molecule has 0 radical (unpaired) electrons. The number of aromatic nitrogens is 1. The SMILES string of the molecule is c1ccc(-c2cc(N(c3ccccc3)c3ccc(-c4ccc5ccccc5c4)cc3)ccc2-n2c3ccccc3c3ccccc32)cc1. The summed E-state index contributed by atoms with van der Waals surface area (Å²) in [5, 5.41) is 5.02. The molecule has 2 heteroatoms. The van der Waals surface area contributed by atoms with Gasteiger partial charge in [0.2, 0.25) is 0 Å². The largest absolute Gasteiger partial charge is 0.310 e. The van der Waals surface area contributed by atoms with E-state index in [9.17, 15) is 0 Å². The zero-order valence-corrected chi connectivity index (χ0v) is 26.4. The van der Waals surface area contributed by atoms with Crippen LogP contribution >= 0.6 is 0 Å². The lowest BCUT2D eigenvalue weighted by Gasteiger charge is -2.27. The molecule has 0 spiro atoms. The van der Waals surface area contributed by atoms with Gasteiger partial charge in [-0.1, -0.05) is 133 Å². The minimum Gasteiger partial charge on any atom is -0.310 e.